The summed E-state index contributed by atoms with van der Waals surface area (Å²) in [5, 5.41) is 15.4. The summed E-state index contributed by atoms with van der Waals surface area (Å²) in [4.78, 5) is 0. The van der Waals surface area contributed by atoms with Gasteiger partial charge < -0.3 is 9.84 Å². The Bertz CT molecular complexity index is 1050. The van der Waals surface area contributed by atoms with Crippen LogP contribution in [0.5, 0.6) is 5.75 Å². The highest BCUT2D eigenvalue weighted by atomic mass is 16.5. The molecule has 0 radical (unpaired) electrons. The van der Waals surface area contributed by atoms with E-state index in [0.29, 0.717) is 6.61 Å². The first kappa shape index (κ1) is 19.5. The van der Waals surface area contributed by atoms with E-state index in [1.165, 1.54) is 27.1 Å². The molecule has 0 bridgehead atoms. The van der Waals surface area contributed by atoms with Crippen molar-refractivity contribution in [2.75, 3.05) is 0 Å². The molecular formula is C27H28O2. The molecule has 1 N–H and O–H groups in total. The zero-order valence-corrected chi connectivity index (χ0v) is 17.0. The number of ether oxygens (including phenoxy) is 1. The lowest BCUT2D eigenvalue weighted by molar-refractivity contribution is 0.163. The van der Waals surface area contributed by atoms with E-state index < -0.39 is 6.10 Å². The molecule has 0 aliphatic rings. The van der Waals surface area contributed by atoms with Crippen molar-refractivity contribution < 1.29 is 9.84 Å². The van der Waals surface area contributed by atoms with Crippen LogP contribution in [0.15, 0.2) is 78.9 Å². The Morgan fingerprint density at radius 1 is 0.793 bits per heavy atom. The van der Waals surface area contributed by atoms with Gasteiger partial charge in [-0.25, -0.2) is 0 Å². The topological polar surface area (TPSA) is 29.5 Å². The maximum Gasteiger partial charge on any atom is 0.120 e. The van der Waals surface area contributed by atoms with Crippen molar-refractivity contribution >= 4 is 21.5 Å². The van der Waals surface area contributed by atoms with Gasteiger partial charge in [0.25, 0.3) is 0 Å². The fourth-order valence-corrected chi connectivity index (χ4v) is 3.98. The molecule has 2 nitrogen and oxygen atoms in total. The standard InChI is InChI=1S/C27H28O2/c1-2-3-4-16-27(28)22-12-9-13-23(18-22)29-19-26-24-14-7-5-10-20(24)17-21-11-6-8-15-25(21)26/h5-15,17-18,27-28H,2-4,16,19H2,1H3. The molecule has 4 aromatic rings. The monoisotopic (exact) mass is 384 g/mol. The van der Waals surface area contributed by atoms with Crippen LogP contribution in [0.3, 0.4) is 0 Å². The van der Waals surface area contributed by atoms with Crippen LogP contribution in [-0.2, 0) is 6.61 Å². The van der Waals surface area contributed by atoms with E-state index in [4.69, 9.17) is 4.74 Å². The molecule has 0 aliphatic heterocycles. The lowest BCUT2D eigenvalue weighted by atomic mass is 9.97. The summed E-state index contributed by atoms with van der Waals surface area (Å²) in [5.74, 6) is 0.800. The second kappa shape index (κ2) is 9.11. The Morgan fingerprint density at radius 3 is 2.17 bits per heavy atom. The molecule has 0 heterocycles. The van der Waals surface area contributed by atoms with Crippen LogP contribution in [0.4, 0.5) is 0 Å². The van der Waals surface area contributed by atoms with E-state index in [0.717, 1.165) is 37.0 Å². The molecule has 0 amide bonds. The van der Waals surface area contributed by atoms with Gasteiger partial charge in [-0.05, 0) is 51.7 Å². The highest BCUT2D eigenvalue weighted by Gasteiger charge is 2.11. The van der Waals surface area contributed by atoms with Crippen LogP contribution < -0.4 is 4.74 Å². The number of rotatable bonds is 8. The summed E-state index contributed by atoms with van der Waals surface area (Å²) in [5.41, 5.74) is 2.13. The SMILES string of the molecule is CCCCCC(O)c1cccc(OCc2c3ccccc3cc3ccccc23)c1. The van der Waals surface area contributed by atoms with E-state index in [2.05, 4.69) is 61.5 Å². The van der Waals surface area contributed by atoms with Gasteiger partial charge >= 0.3 is 0 Å². The van der Waals surface area contributed by atoms with Crippen LogP contribution in [0.25, 0.3) is 21.5 Å². The molecule has 0 saturated carbocycles. The molecule has 148 valence electrons. The maximum atomic E-state index is 10.5. The predicted molar refractivity (Wildman–Crippen MR) is 121 cm³/mol. The zero-order chi connectivity index (χ0) is 20.1. The second-order valence-corrected chi connectivity index (χ2v) is 7.67. The molecule has 29 heavy (non-hydrogen) atoms. The van der Waals surface area contributed by atoms with Gasteiger partial charge in [0.2, 0.25) is 0 Å². The van der Waals surface area contributed by atoms with Crippen molar-refractivity contribution in [3.8, 4) is 5.75 Å². The molecule has 0 fully saturated rings. The van der Waals surface area contributed by atoms with Crippen molar-refractivity contribution in [1.29, 1.82) is 0 Å². The molecular weight excluding hydrogens is 356 g/mol. The number of aliphatic hydroxyl groups excluding tert-OH is 1. The van der Waals surface area contributed by atoms with Crippen LogP contribution in [0.1, 0.15) is 49.8 Å². The van der Waals surface area contributed by atoms with Gasteiger partial charge in [-0.15, -0.1) is 0 Å². The summed E-state index contributed by atoms with van der Waals surface area (Å²) < 4.78 is 6.21. The number of hydrogen-bond acceptors (Lipinski definition) is 2. The van der Waals surface area contributed by atoms with Crippen molar-refractivity contribution in [3.05, 3.63) is 90.0 Å². The molecule has 1 atom stereocenters. The van der Waals surface area contributed by atoms with Crippen LogP contribution >= 0.6 is 0 Å². The molecule has 0 aromatic heterocycles. The lowest BCUT2D eigenvalue weighted by Crippen LogP contribution is -2.01. The van der Waals surface area contributed by atoms with Gasteiger partial charge in [-0.3, -0.25) is 0 Å². The molecule has 1 unspecified atom stereocenters. The van der Waals surface area contributed by atoms with Gasteiger partial charge in [0, 0.05) is 5.56 Å². The molecule has 0 spiro atoms. The van der Waals surface area contributed by atoms with Gasteiger partial charge in [-0.1, -0.05) is 86.8 Å². The zero-order valence-electron chi connectivity index (χ0n) is 17.0. The summed E-state index contributed by atoms with van der Waals surface area (Å²) in [7, 11) is 0. The summed E-state index contributed by atoms with van der Waals surface area (Å²) in [6.45, 7) is 2.68. The first-order valence-corrected chi connectivity index (χ1v) is 10.6. The maximum absolute atomic E-state index is 10.5. The van der Waals surface area contributed by atoms with E-state index >= 15 is 0 Å². The number of unbranched alkanes of at least 4 members (excludes halogenated alkanes) is 2. The largest absolute Gasteiger partial charge is 0.489 e. The number of fused-ring (bicyclic) bond motifs is 2. The third-order valence-corrected chi connectivity index (χ3v) is 5.59. The van der Waals surface area contributed by atoms with Crippen LogP contribution in [0.2, 0.25) is 0 Å². The average molecular weight is 385 g/mol. The Kier molecular flexibility index (Phi) is 6.12. The van der Waals surface area contributed by atoms with Gasteiger partial charge in [-0.2, -0.15) is 0 Å². The first-order valence-electron chi connectivity index (χ1n) is 10.6. The summed E-state index contributed by atoms with van der Waals surface area (Å²) >= 11 is 0. The Morgan fingerprint density at radius 2 is 1.48 bits per heavy atom. The van der Waals surface area contributed by atoms with E-state index in [1.807, 2.05) is 24.3 Å². The van der Waals surface area contributed by atoms with E-state index in [1.54, 1.807) is 0 Å². The summed E-state index contributed by atoms with van der Waals surface area (Å²) in [6, 6.07) is 27.1. The van der Waals surface area contributed by atoms with Crippen molar-refractivity contribution in [2.24, 2.45) is 0 Å². The van der Waals surface area contributed by atoms with Gasteiger partial charge in [0.1, 0.15) is 12.4 Å². The fraction of sp³-hybridized carbons (Fsp3) is 0.259. The van der Waals surface area contributed by atoms with Crippen molar-refractivity contribution in [2.45, 2.75) is 45.3 Å². The minimum absolute atomic E-state index is 0.427. The quantitative estimate of drug-likeness (QED) is 0.257. The van der Waals surface area contributed by atoms with Crippen LogP contribution in [-0.4, -0.2) is 5.11 Å². The molecule has 0 saturated heterocycles. The van der Waals surface area contributed by atoms with Gasteiger partial charge in [0.05, 0.1) is 6.10 Å². The normalized spacial score (nSPS) is 12.3. The number of aliphatic hydroxyl groups is 1. The van der Waals surface area contributed by atoms with Crippen molar-refractivity contribution in [1.82, 2.24) is 0 Å². The van der Waals surface area contributed by atoms with E-state index in [-0.39, 0.29) is 0 Å². The first-order chi connectivity index (χ1) is 14.3. The summed E-state index contributed by atoms with van der Waals surface area (Å²) in [6.07, 6.45) is 3.73. The van der Waals surface area contributed by atoms with Gasteiger partial charge in [0.15, 0.2) is 0 Å². The Labute approximate surface area is 172 Å². The second-order valence-electron chi connectivity index (χ2n) is 7.67. The Hall–Kier alpha value is -2.84. The predicted octanol–water partition coefficient (Wildman–Crippen LogP) is 7.19. The average Bonchev–Trinajstić information content (AvgIpc) is 2.77. The van der Waals surface area contributed by atoms with Crippen LogP contribution in [0, 0.1) is 0 Å². The third kappa shape index (κ3) is 4.44. The molecule has 4 rings (SSSR count). The fourth-order valence-electron chi connectivity index (χ4n) is 3.98. The highest BCUT2D eigenvalue weighted by molar-refractivity contribution is 6.02. The minimum Gasteiger partial charge on any atom is -0.489 e. The number of benzene rings is 4. The lowest BCUT2D eigenvalue weighted by Gasteiger charge is -2.15. The Balaban J connectivity index is 1.59. The molecule has 4 aromatic carbocycles. The third-order valence-electron chi connectivity index (χ3n) is 5.59. The molecule has 2 heteroatoms. The number of hydrogen-bond donors (Lipinski definition) is 1. The van der Waals surface area contributed by atoms with Crippen molar-refractivity contribution in [3.63, 3.8) is 0 Å². The highest BCUT2D eigenvalue weighted by Crippen LogP contribution is 2.30. The van der Waals surface area contributed by atoms with E-state index in [9.17, 15) is 5.11 Å². The minimum atomic E-state index is -0.427. The molecule has 0 aliphatic carbocycles. The smallest absolute Gasteiger partial charge is 0.120 e.